The molecule has 7 nitrogen and oxygen atoms in total. The molecule has 1 aliphatic rings. The van der Waals surface area contributed by atoms with Gasteiger partial charge in [0.2, 0.25) is 4.96 Å². The highest BCUT2D eigenvalue weighted by molar-refractivity contribution is 7.89. The summed E-state index contributed by atoms with van der Waals surface area (Å²) < 4.78 is 30.0. The van der Waals surface area contributed by atoms with E-state index in [9.17, 15) is 8.42 Å². The predicted octanol–water partition coefficient (Wildman–Crippen LogP) is 3.39. The fourth-order valence-electron chi connectivity index (χ4n) is 3.44. The molecule has 28 heavy (non-hydrogen) atoms. The number of hydrogen-bond acceptors (Lipinski definition) is 6. The Hall–Kier alpha value is -1.68. The van der Waals surface area contributed by atoms with Gasteiger partial charge in [-0.05, 0) is 31.0 Å². The maximum absolute atomic E-state index is 13.5. The second kappa shape index (κ2) is 7.29. The second-order valence-corrected chi connectivity index (χ2v) is 10.6. The van der Waals surface area contributed by atoms with Crippen LogP contribution in [0.15, 0.2) is 29.3 Å². The molecule has 0 saturated carbocycles. The number of sulfonamides is 1. The van der Waals surface area contributed by atoms with Crippen molar-refractivity contribution in [1.82, 2.24) is 18.9 Å². The smallest absolute Gasteiger partial charge is 0.262 e. The molecule has 10 heteroatoms. The molecule has 1 saturated heterocycles. The average molecular weight is 440 g/mol. The molecule has 1 aliphatic heterocycles. The van der Waals surface area contributed by atoms with Crippen LogP contribution in [-0.2, 0) is 10.0 Å². The zero-order chi connectivity index (χ0) is 20.1. The van der Waals surface area contributed by atoms with Gasteiger partial charge in [0.05, 0.1) is 5.69 Å². The molecule has 1 fully saturated rings. The fourth-order valence-corrected chi connectivity index (χ4v) is 6.21. The molecule has 0 amide bonds. The van der Waals surface area contributed by atoms with Crippen LogP contribution in [0.1, 0.15) is 30.5 Å². The summed E-state index contributed by atoms with van der Waals surface area (Å²) in [6, 6.07) is 7.63. The number of rotatable bonds is 4. The number of piperazine rings is 1. The molecule has 0 spiro atoms. The summed E-state index contributed by atoms with van der Waals surface area (Å²) in [7, 11) is -3.70. The fraction of sp³-hybridized carbons (Fsp3) is 0.444. The second-order valence-electron chi connectivity index (χ2n) is 7.14. The first-order chi connectivity index (χ1) is 13.3. The Kier molecular flexibility index (Phi) is 5.11. The topological polar surface area (TPSA) is 70.8 Å². The lowest BCUT2D eigenvalue weighted by atomic mass is 10.2. The van der Waals surface area contributed by atoms with Gasteiger partial charge in [-0.25, -0.2) is 13.4 Å². The van der Waals surface area contributed by atoms with Crippen LogP contribution >= 0.6 is 22.9 Å². The van der Waals surface area contributed by atoms with Crippen molar-refractivity contribution < 1.29 is 8.42 Å². The summed E-state index contributed by atoms with van der Waals surface area (Å²) in [6.45, 7) is 7.79. The van der Waals surface area contributed by atoms with Gasteiger partial charge in [0.15, 0.2) is 5.03 Å². The van der Waals surface area contributed by atoms with Crippen molar-refractivity contribution in [3.05, 3.63) is 40.0 Å². The lowest BCUT2D eigenvalue weighted by molar-refractivity contribution is 0.381. The van der Waals surface area contributed by atoms with Crippen LogP contribution in [-0.4, -0.2) is 53.5 Å². The third kappa shape index (κ3) is 3.41. The summed E-state index contributed by atoms with van der Waals surface area (Å²) in [5, 5.41) is 6.07. The van der Waals surface area contributed by atoms with Crippen LogP contribution in [0.25, 0.3) is 4.96 Å². The number of aromatic nitrogens is 3. The lowest BCUT2D eigenvalue weighted by Crippen LogP contribution is -2.49. The van der Waals surface area contributed by atoms with E-state index in [1.807, 2.05) is 45.0 Å². The van der Waals surface area contributed by atoms with E-state index in [4.69, 9.17) is 11.6 Å². The largest absolute Gasteiger partial charge is 0.369 e. The number of imidazole rings is 1. The molecule has 4 rings (SSSR count). The van der Waals surface area contributed by atoms with E-state index in [1.54, 1.807) is 0 Å². The van der Waals surface area contributed by atoms with Crippen LogP contribution < -0.4 is 4.90 Å². The molecule has 0 atom stereocenters. The van der Waals surface area contributed by atoms with E-state index >= 15 is 0 Å². The minimum atomic E-state index is -3.70. The van der Waals surface area contributed by atoms with Gasteiger partial charge >= 0.3 is 0 Å². The van der Waals surface area contributed by atoms with Gasteiger partial charge in [-0.1, -0.05) is 42.9 Å². The summed E-state index contributed by atoms with van der Waals surface area (Å²) in [4.78, 5) is 7.33. The molecule has 3 heterocycles. The van der Waals surface area contributed by atoms with Crippen molar-refractivity contribution >= 4 is 43.6 Å². The Morgan fingerprint density at radius 2 is 1.89 bits per heavy atom. The maximum Gasteiger partial charge on any atom is 0.262 e. The van der Waals surface area contributed by atoms with Gasteiger partial charge in [0, 0.05) is 36.9 Å². The Morgan fingerprint density at radius 1 is 1.18 bits per heavy atom. The summed E-state index contributed by atoms with van der Waals surface area (Å²) >= 11 is 7.49. The van der Waals surface area contributed by atoms with Crippen molar-refractivity contribution in [2.24, 2.45) is 0 Å². The van der Waals surface area contributed by atoms with Gasteiger partial charge in [-0.2, -0.15) is 13.9 Å². The van der Waals surface area contributed by atoms with Crippen LogP contribution in [0.4, 0.5) is 5.69 Å². The molecule has 0 N–H and O–H groups in total. The van der Waals surface area contributed by atoms with E-state index in [0.29, 0.717) is 41.9 Å². The quantitative estimate of drug-likeness (QED) is 0.623. The van der Waals surface area contributed by atoms with Crippen LogP contribution in [0, 0.1) is 6.92 Å². The number of nitrogens with zero attached hydrogens (tertiary/aromatic N) is 5. The van der Waals surface area contributed by atoms with Crippen LogP contribution in [0.5, 0.6) is 0 Å². The summed E-state index contributed by atoms with van der Waals surface area (Å²) in [6.07, 6.45) is 0. The highest BCUT2D eigenvalue weighted by atomic mass is 35.5. The van der Waals surface area contributed by atoms with Gasteiger partial charge in [0.25, 0.3) is 10.0 Å². The molecule has 0 bridgehead atoms. The molecule has 0 aliphatic carbocycles. The van der Waals surface area contributed by atoms with Gasteiger partial charge in [0.1, 0.15) is 5.01 Å². The lowest BCUT2D eigenvalue weighted by Gasteiger charge is -2.35. The number of benzene rings is 1. The Labute approximate surface area is 173 Å². The molecule has 3 aromatic rings. The number of anilines is 1. The monoisotopic (exact) mass is 439 g/mol. The van der Waals surface area contributed by atoms with E-state index in [2.05, 4.69) is 15.0 Å². The van der Waals surface area contributed by atoms with Gasteiger partial charge < -0.3 is 4.90 Å². The van der Waals surface area contributed by atoms with E-state index in [0.717, 1.165) is 10.7 Å². The van der Waals surface area contributed by atoms with Crippen molar-refractivity contribution in [2.75, 3.05) is 31.1 Å². The summed E-state index contributed by atoms with van der Waals surface area (Å²) in [5.41, 5.74) is 1.59. The first kappa shape index (κ1) is 19.6. The Bertz CT molecular complexity index is 1110. The number of hydrogen-bond donors (Lipinski definition) is 0. The summed E-state index contributed by atoms with van der Waals surface area (Å²) in [5.74, 6) is -0.00766. The zero-order valence-corrected chi connectivity index (χ0v) is 18.4. The molecule has 150 valence electrons. The average Bonchev–Trinajstić information content (AvgIpc) is 3.18. The molecule has 1 aromatic carbocycles. The first-order valence-electron chi connectivity index (χ1n) is 9.14. The molecular formula is C18H22ClN5O2S2. The van der Waals surface area contributed by atoms with Crippen LogP contribution in [0.2, 0.25) is 5.02 Å². The van der Waals surface area contributed by atoms with E-state index in [1.165, 1.54) is 20.2 Å². The number of halogens is 1. The van der Waals surface area contributed by atoms with Gasteiger partial charge in [-0.3, -0.25) is 0 Å². The van der Waals surface area contributed by atoms with Crippen molar-refractivity contribution in [2.45, 2.75) is 31.7 Å². The highest BCUT2D eigenvalue weighted by Gasteiger charge is 2.35. The third-order valence-electron chi connectivity index (χ3n) is 4.83. The van der Waals surface area contributed by atoms with Crippen molar-refractivity contribution in [1.29, 1.82) is 0 Å². The Morgan fingerprint density at radius 3 is 2.54 bits per heavy atom. The minimum Gasteiger partial charge on any atom is -0.369 e. The molecular weight excluding hydrogens is 418 g/mol. The van der Waals surface area contributed by atoms with E-state index in [-0.39, 0.29) is 10.9 Å². The molecule has 0 radical (unpaired) electrons. The normalized spacial score (nSPS) is 16.4. The standard InChI is InChI=1S/C18H22ClN5O2S2/c1-12(2)16-17(24-18(20-16)27-13(3)21-24)28(25,26)23-9-7-22(8-10-23)15-6-4-5-14(19)11-15/h4-6,11-12H,7-10H2,1-3H3. The predicted molar refractivity (Wildman–Crippen MR) is 112 cm³/mol. The van der Waals surface area contributed by atoms with E-state index < -0.39 is 10.0 Å². The number of fused-ring (bicyclic) bond motifs is 1. The minimum absolute atomic E-state index is 0.00766. The van der Waals surface area contributed by atoms with Crippen molar-refractivity contribution in [3.63, 3.8) is 0 Å². The molecule has 0 unspecified atom stereocenters. The number of aryl methyl sites for hydroxylation is 1. The van der Waals surface area contributed by atoms with Crippen molar-refractivity contribution in [3.8, 4) is 0 Å². The van der Waals surface area contributed by atoms with Crippen LogP contribution in [0.3, 0.4) is 0 Å². The SMILES string of the molecule is Cc1nn2c(S(=O)(=O)N3CCN(c4cccc(Cl)c4)CC3)c(C(C)C)nc2s1. The third-order valence-corrected chi connectivity index (χ3v) is 7.81. The first-order valence-corrected chi connectivity index (χ1v) is 11.8. The zero-order valence-electron chi connectivity index (χ0n) is 16.0. The Balaban J connectivity index is 1.63. The molecule has 2 aromatic heterocycles. The van der Waals surface area contributed by atoms with Gasteiger partial charge in [-0.15, -0.1) is 0 Å². The highest BCUT2D eigenvalue weighted by Crippen LogP contribution is 2.30. The maximum atomic E-state index is 13.5.